The number of ether oxygens (including phenoxy) is 1. The lowest BCUT2D eigenvalue weighted by Gasteiger charge is -2.19. The van der Waals surface area contributed by atoms with Crippen LogP contribution in [-0.2, 0) is 18.9 Å². The maximum absolute atomic E-state index is 12.1. The summed E-state index contributed by atoms with van der Waals surface area (Å²) >= 11 is 11.8. The van der Waals surface area contributed by atoms with Crippen molar-refractivity contribution >= 4 is 42.7 Å². The average molecular weight is 416 g/mol. The minimum Gasteiger partial charge on any atom is -0.479 e. The highest BCUT2D eigenvalue weighted by Crippen LogP contribution is 2.55. The van der Waals surface area contributed by atoms with Gasteiger partial charge in [0.05, 0.1) is 10.0 Å². The van der Waals surface area contributed by atoms with Gasteiger partial charge in [-0.2, -0.15) is 9.59 Å². The number of aliphatic hydroxyl groups is 1. The normalized spacial score (nSPS) is 13.6. The lowest BCUT2D eigenvalue weighted by Crippen LogP contribution is -2.10. The van der Waals surface area contributed by atoms with Gasteiger partial charge >= 0.3 is 12.1 Å². The van der Waals surface area contributed by atoms with Gasteiger partial charge in [-0.1, -0.05) is 23.2 Å². The van der Waals surface area contributed by atoms with Crippen molar-refractivity contribution in [2.24, 2.45) is 5.73 Å². The minimum atomic E-state index is -3.88. The predicted molar refractivity (Wildman–Crippen MR) is 87.9 cm³/mol. The summed E-state index contributed by atoms with van der Waals surface area (Å²) in [6, 6.07) is 2.42. The predicted octanol–water partition coefficient (Wildman–Crippen LogP) is 1.48. The van der Waals surface area contributed by atoms with E-state index in [1.165, 1.54) is 12.1 Å². The average Bonchev–Trinajstić information content (AvgIpc) is 2.51. The van der Waals surface area contributed by atoms with Crippen LogP contribution in [0.3, 0.4) is 0 Å². The molecule has 0 bridgehead atoms. The third-order valence-corrected chi connectivity index (χ3v) is 5.30. The molecule has 2 atom stereocenters. The summed E-state index contributed by atoms with van der Waals surface area (Å²) in [5.74, 6) is -2.95. The van der Waals surface area contributed by atoms with Crippen LogP contribution in [0.25, 0.3) is 0 Å². The molecule has 2 unspecified atom stereocenters. The number of aliphatic carboxylic acids is 1. The summed E-state index contributed by atoms with van der Waals surface area (Å²) < 4.78 is 17.0. The van der Waals surface area contributed by atoms with Crippen LogP contribution in [0.5, 0.6) is 5.75 Å². The maximum atomic E-state index is 12.1. The molecule has 9 nitrogen and oxygen atoms in total. The molecule has 0 spiro atoms. The third-order valence-electron chi connectivity index (χ3n) is 2.72. The largest absolute Gasteiger partial charge is 0.479 e. The van der Waals surface area contributed by atoms with Crippen LogP contribution in [-0.4, -0.2) is 46.5 Å². The van der Waals surface area contributed by atoms with Crippen molar-refractivity contribution in [1.82, 2.24) is 0 Å². The molecule has 12 heteroatoms. The Hall–Kier alpha value is -1.44. The van der Waals surface area contributed by atoms with Crippen molar-refractivity contribution in [3.05, 3.63) is 27.7 Å². The van der Waals surface area contributed by atoms with Crippen LogP contribution >= 0.6 is 30.6 Å². The van der Waals surface area contributed by atoms with Crippen molar-refractivity contribution in [3.63, 3.8) is 0 Å². The second-order valence-corrected chi connectivity index (χ2v) is 7.84. The van der Waals surface area contributed by atoms with Crippen molar-refractivity contribution in [1.29, 1.82) is 0 Å². The Labute approximate surface area is 152 Å². The Morgan fingerprint density at radius 3 is 2.20 bits per heavy atom. The van der Waals surface area contributed by atoms with Gasteiger partial charge in [0.15, 0.2) is 18.2 Å². The van der Waals surface area contributed by atoms with Gasteiger partial charge in [-0.3, -0.25) is 4.57 Å². The van der Waals surface area contributed by atoms with E-state index in [0.717, 1.165) is 0 Å². The highest BCUT2D eigenvalue weighted by molar-refractivity contribution is 7.58. The number of carbonyl (C=O) groups is 1. The molecule has 0 aliphatic heterocycles. The van der Waals surface area contributed by atoms with Crippen LogP contribution in [0.2, 0.25) is 10.0 Å². The van der Waals surface area contributed by atoms with E-state index in [9.17, 15) is 19.4 Å². The molecule has 1 aromatic carbocycles. The first kappa shape index (κ1) is 23.6. The van der Waals surface area contributed by atoms with Gasteiger partial charge in [0, 0.05) is 6.16 Å². The number of hydrogen-bond donors (Lipinski definition) is 4. The van der Waals surface area contributed by atoms with Crippen molar-refractivity contribution in [2.45, 2.75) is 12.3 Å². The molecular formula is C13H16Cl2NO8P. The highest BCUT2D eigenvalue weighted by Gasteiger charge is 2.31. The Kier molecular flexibility index (Phi) is 10.6. The quantitative estimate of drug-likeness (QED) is 0.460. The van der Waals surface area contributed by atoms with Gasteiger partial charge in [0.2, 0.25) is 7.37 Å². The number of carbonyl (C=O) groups excluding carboxylic acids is 2. The zero-order valence-electron chi connectivity index (χ0n) is 12.7. The molecule has 0 aromatic heterocycles. The molecule has 0 aliphatic carbocycles. The molecule has 0 heterocycles. The molecule has 0 amide bonds. The number of aliphatic hydroxyl groups excluding tert-OH is 1. The summed E-state index contributed by atoms with van der Waals surface area (Å²) in [4.78, 5) is 36.6. The molecule has 5 N–H and O–H groups in total. The van der Waals surface area contributed by atoms with E-state index in [-0.39, 0.29) is 46.6 Å². The third kappa shape index (κ3) is 7.98. The van der Waals surface area contributed by atoms with Gasteiger partial charge in [-0.05, 0) is 30.7 Å². The lowest BCUT2D eigenvalue weighted by molar-refractivity contribution is -0.191. The van der Waals surface area contributed by atoms with E-state index in [2.05, 4.69) is 0 Å². The van der Waals surface area contributed by atoms with Gasteiger partial charge < -0.3 is 25.6 Å². The van der Waals surface area contributed by atoms with Crippen LogP contribution < -0.4 is 10.5 Å². The Morgan fingerprint density at radius 1 is 1.32 bits per heavy atom. The summed E-state index contributed by atoms with van der Waals surface area (Å²) in [6.07, 6.45) is 0.392. The fourth-order valence-corrected chi connectivity index (χ4v) is 3.78. The Bertz CT molecular complexity index is 655. The number of rotatable bonds is 8. The number of nitrogens with two attached hydrogens (primary N) is 1. The van der Waals surface area contributed by atoms with E-state index in [4.69, 9.17) is 48.4 Å². The van der Waals surface area contributed by atoms with E-state index in [0.29, 0.717) is 0 Å². The van der Waals surface area contributed by atoms with Crippen LogP contribution in [0.1, 0.15) is 17.8 Å². The minimum absolute atomic E-state index is 0.0422. The number of carboxylic acids is 1. The molecule has 0 radical (unpaired) electrons. The lowest BCUT2D eigenvalue weighted by atomic mass is 10.2. The summed E-state index contributed by atoms with van der Waals surface area (Å²) in [5.41, 5.74) is 5.32. The molecule has 1 aromatic rings. The Balaban J connectivity index is 0.00000178. The number of benzene rings is 1. The van der Waals surface area contributed by atoms with E-state index < -0.39 is 25.8 Å². The first-order valence-corrected chi connectivity index (χ1v) is 9.30. The topological polar surface area (TPSA) is 164 Å². The molecule has 140 valence electrons. The summed E-state index contributed by atoms with van der Waals surface area (Å²) in [5, 5.41) is 18.4. The molecule has 0 saturated heterocycles. The van der Waals surface area contributed by atoms with Crippen LogP contribution in [0.15, 0.2) is 12.1 Å². The van der Waals surface area contributed by atoms with E-state index in [1.807, 2.05) is 0 Å². The van der Waals surface area contributed by atoms with E-state index in [1.54, 1.807) is 0 Å². The number of hydrogen-bond acceptors (Lipinski definition) is 7. The van der Waals surface area contributed by atoms with Gasteiger partial charge in [0.1, 0.15) is 0 Å². The zero-order valence-corrected chi connectivity index (χ0v) is 15.1. The molecule has 1 rings (SSSR count). The highest BCUT2D eigenvalue weighted by atomic mass is 35.5. The Morgan fingerprint density at radius 2 is 1.80 bits per heavy atom. The smallest absolute Gasteiger partial charge is 0.373 e. The van der Waals surface area contributed by atoms with Crippen molar-refractivity contribution in [3.8, 4) is 5.75 Å². The fraction of sp³-hybridized carbons (Fsp3) is 0.385. The SMILES string of the molecule is NCCCP(=O)(O)C(O)c1cc(Cl)c(OCC(=O)O)c(Cl)c1.O=C=O. The molecule has 0 fully saturated rings. The molecular weight excluding hydrogens is 400 g/mol. The number of halogens is 2. The second kappa shape index (κ2) is 11.2. The van der Waals surface area contributed by atoms with Crippen molar-refractivity contribution in [2.75, 3.05) is 19.3 Å². The first-order valence-electron chi connectivity index (χ1n) is 6.63. The van der Waals surface area contributed by atoms with Crippen LogP contribution in [0, 0.1) is 0 Å². The monoisotopic (exact) mass is 415 g/mol. The molecule has 0 saturated carbocycles. The molecule has 25 heavy (non-hydrogen) atoms. The fourth-order valence-electron chi connectivity index (χ4n) is 1.67. The first-order chi connectivity index (χ1) is 11.6. The standard InChI is InChI=1S/C12H16Cl2NO6P.CO2/c13-8-4-7(12(18)22(19,20)3-1-2-15)5-9(14)11(8)21-6-10(16)17;2-1-3/h4-5,12,18H,1-3,6,15H2,(H,16,17)(H,19,20);. The zero-order chi connectivity index (χ0) is 19.6. The van der Waals surface area contributed by atoms with E-state index >= 15 is 0 Å². The summed E-state index contributed by atoms with van der Waals surface area (Å²) in [6.45, 7) is -0.420. The second-order valence-electron chi connectivity index (χ2n) is 4.57. The van der Waals surface area contributed by atoms with Crippen molar-refractivity contribution < 1.29 is 38.8 Å². The molecule has 0 aliphatic rings. The number of carboxylic acid groups (broad SMARTS) is 1. The maximum Gasteiger partial charge on any atom is 0.373 e. The van der Waals surface area contributed by atoms with Gasteiger partial charge in [0.25, 0.3) is 0 Å². The van der Waals surface area contributed by atoms with Gasteiger partial charge in [-0.25, -0.2) is 4.79 Å². The van der Waals surface area contributed by atoms with Crippen LogP contribution in [0.4, 0.5) is 0 Å². The summed E-state index contributed by atoms with van der Waals surface area (Å²) in [7, 11) is -3.88. The van der Waals surface area contributed by atoms with Gasteiger partial charge in [-0.15, -0.1) is 0 Å².